The normalized spacial score (nSPS) is 24.1. The predicted molar refractivity (Wildman–Crippen MR) is 89.8 cm³/mol. The van der Waals surface area contributed by atoms with E-state index in [0.717, 1.165) is 5.56 Å². The van der Waals surface area contributed by atoms with E-state index in [0.29, 0.717) is 13.0 Å². The summed E-state index contributed by atoms with van der Waals surface area (Å²) in [4.78, 5) is 12.9. The van der Waals surface area contributed by atoms with Gasteiger partial charge in [-0.15, -0.1) is 0 Å². The number of ether oxygens (including phenoxy) is 1. The zero-order chi connectivity index (χ0) is 15.7. The van der Waals surface area contributed by atoms with Gasteiger partial charge in [-0.1, -0.05) is 78.9 Å². The molecule has 23 heavy (non-hydrogen) atoms. The van der Waals surface area contributed by atoms with Gasteiger partial charge in [-0.25, -0.2) is 0 Å². The third kappa shape index (κ3) is 2.31. The molecule has 4 rings (SSSR count). The Kier molecular flexibility index (Phi) is 3.38. The van der Waals surface area contributed by atoms with E-state index in [9.17, 15) is 4.79 Å². The molecule has 2 aliphatic carbocycles. The summed E-state index contributed by atoms with van der Waals surface area (Å²) < 4.78 is 5.68. The molecule has 114 valence electrons. The molecule has 0 bridgehead atoms. The number of carbonyl (C=O) groups is 1. The molecule has 0 heterocycles. The maximum Gasteiger partial charge on any atom is 0.317 e. The largest absolute Gasteiger partial charge is 0.460 e. The molecule has 0 amide bonds. The zero-order valence-corrected chi connectivity index (χ0v) is 12.8. The lowest BCUT2D eigenvalue weighted by Crippen LogP contribution is -2.35. The molecule has 2 aromatic carbocycles. The fourth-order valence-electron chi connectivity index (χ4n) is 3.67. The van der Waals surface area contributed by atoms with E-state index in [-0.39, 0.29) is 11.9 Å². The van der Waals surface area contributed by atoms with Gasteiger partial charge in [0.1, 0.15) is 12.0 Å². The molecule has 0 aliphatic heterocycles. The van der Waals surface area contributed by atoms with E-state index >= 15 is 0 Å². The van der Waals surface area contributed by atoms with Gasteiger partial charge in [-0.05, 0) is 23.1 Å². The fraction of sp³-hybridized carbons (Fsp3) is 0.190. The van der Waals surface area contributed by atoms with E-state index < -0.39 is 5.41 Å². The summed E-state index contributed by atoms with van der Waals surface area (Å²) in [6.07, 6.45) is 8.84. The molecule has 2 aliphatic rings. The number of benzene rings is 2. The van der Waals surface area contributed by atoms with Gasteiger partial charge in [0.25, 0.3) is 0 Å². The van der Waals surface area contributed by atoms with Crippen molar-refractivity contribution in [1.82, 2.24) is 0 Å². The molecule has 0 saturated carbocycles. The fourth-order valence-corrected chi connectivity index (χ4v) is 3.67. The van der Waals surface area contributed by atoms with Crippen molar-refractivity contribution in [2.45, 2.75) is 18.9 Å². The van der Waals surface area contributed by atoms with Crippen LogP contribution in [0, 0.1) is 5.41 Å². The zero-order valence-electron chi connectivity index (χ0n) is 12.8. The minimum Gasteiger partial charge on any atom is -0.460 e. The Hall–Kier alpha value is -2.61. The first-order valence-electron chi connectivity index (χ1n) is 7.94. The van der Waals surface area contributed by atoms with E-state index in [1.165, 1.54) is 11.1 Å². The smallest absolute Gasteiger partial charge is 0.317 e. The van der Waals surface area contributed by atoms with Gasteiger partial charge in [-0.3, -0.25) is 4.79 Å². The van der Waals surface area contributed by atoms with Crippen molar-refractivity contribution in [2.24, 2.45) is 5.41 Å². The molecule has 0 unspecified atom stereocenters. The first-order valence-corrected chi connectivity index (χ1v) is 7.94. The lowest BCUT2D eigenvalue weighted by atomic mass is 9.73. The number of carbonyl (C=O) groups excluding carboxylic acids is 1. The third-order valence-corrected chi connectivity index (χ3v) is 4.83. The number of fused-ring (bicyclic) bond motifs is 3. The maximum atomic E-state index is 12.9. The van der Waals surface area contributed by atoms with Crippen LogP contribution in [0.3, 0.4) is 0 Å². The Morgan fingerprint density at radius 1 is 1.04 bits per heavy atom. The van der Waals surface area contributed by atoms with Gasteiger partial charge < -0.3 is 4.74 Å². The van der Waals surface area contributed by atoms with Crippen LogP contribution in [-0.2, 0) is 22.6 Å². The van der Waals surface area contributed by atoms with Crippen LogP contribution in [-0.4, -0.2) is 5.97 Å². The minimum absolute atomic E-state index is 0.0759. The Morgan fingerprint density at radius 3 is 2.70 bits per heavy atom. The predicted octanol–water partition coefficient (Wildman–Crippen LogP) is 4.18. The number of hydrogen-bond acceptors (Lipinski definition) is 2. The first kappa shape index (κ1) is 14.0. The molecule has 2 nitrogen and oxygen atoms in total. The van der Waals surface area contributed by atoms with Crippen LogP contribution in [0.25, 0.3) is 0 Å². The van der Waals surface area contributed by atoms with Crippen molar-refractivity contribution in [3.05, 3.63) is 95.6 Å². The summed E-state index contributed by atoms with van der Waals surface area (Å²) in [5, 5.41) is 0. The van der Waals surface area contributed by atoms with E-state index in [4.69, 9.17) is 4.74 Å². The van der Waals surface area contributed by atoms with E-state index in [1.54, 1.807) is 0 Å². The van der Waals surface area contributed by atoms with Gasteiger partial charge in [0, 0.05) is 5.92 Å². The highest BCUT2D eigenvalue weighted by Crippen LogP contribution is 2.51. The molecule has 2 atom stereocenters. The summed E-state index contributed by atoms with van der Waals surface area (Å²) >= 11 is 0. The lowest BCUT2D eigenvalue weighted by Gasteiger charge is -2.30. The molecule has 0 N–H and O–H groups in total. The molecule has 2 aromatic rings. The van der Waals surface area contributed by atoms with Gasteiger partial charge >= 0.3 is 5.97 Å². The van der Waals surface area contributed by atoms with Crippen LogP contribution in [0.5, 0.6) is 0 Å². The average Bonchev–Trinajstić information content (AvgIpc) is 2.96. The molecular formula is C21H18O2. The second kappa shape index (κ2) is 5.54. The summed E-state index contributed by atoms with van der Waals surface area (Å²) in [6, 6.07) is 18.1. The number of rotatable bonds is 3. The number of hydrogen-bond donors (Lipinski definition) is 0. The SMILES string of the molecule is O=C(OCc1ccccc1)[C@]12C=CC=C[C@H]1c1ccccc1C2. The Morgan fingerprint density at radius 2 is 1.83 bits per heavy atom. The van der Waals surface area contributed by atoms with Crippen LogP contribution in [0.1, 0.15) is 22.6 Å². The second-order valence-corrected chi connectivity index (χ2v) is 6.20. The highest BCUT2D eigenvalue weighted by Gasteiger charge is 2.50. The van der Waals surface area contributed by atoms with Crippen LogP contribution in [0.15, 0.2) is 78.9 Å². The lowest BCUT2D eigenvalue weighted by molar-refractivity contribution is -0.154. The van der Waals surface area contributed by atoms with Gasteiger partial charge in [0.15, 0.2) is 0 Å². The summed E-state index contributed by atoms with van der Waals surface area (Å²) in [5.74, 6) is -0.0601. The summed E-state index contributed by atoms with van der Waals surface area (Å²) in [5.41, 5.74) is 2.91. The van der Waals surface area contributed by atoms with Crippen LogP contribution < -0.4 is 0 Å². The van der Waals surface area contributed by atoms with Gasteiger partial charge in [-0.2, -0.15) is 0 Å². The van der Waals surface area contributed by atoms with Crippen LogP contribution >= 0.6 is 0 Å². The van der Waals surface area contributed by atoms with E-state index in [1.807, 2.05) is 60.7 Å². The van der Waals surface area contributed by atoms with Crippen molar-refractivity contribution in [2.75, 3.05) is 0 Å². The Balaban J connectivity index is 1.60. The highest BCUT2D eigenvalue weighted by atomic mass is 16.5. The quantitative estimate of drug-likeness (QED) is 0.795. The maximum absolute atomic E-state index is 12.9. The van der Waals surface area contributed by atoms with Crippen molar-refractivity contribution in [3.8, 4) is 0 Å². The molecule has 2 heteroatoms. The Bertz CT molecular complexity index is 788. The number of allylic oxidation sites excluding steroid dienone is 3. The molecule has 0 fully saturated rings. The first-order chi connectivity index (χ1) is 11.3. The standard InChI is InChI=1S/C21H18O2/c22-20(23-15-16-8-2-1-3-9-16)21-13-7-6-12-19(21)18-11-5-4-10-17(18)14-21/h1-13,19H,14-15H2/t19-,21-/m0/s1. The highest BCUT2D eigenvalue weighted by molar-refractivity contribution is 5.84. The van der Waals surface area contributed by atoms with Gasteiger partial charge in [0.2, 0.25) is 0 Å². The molecule has 0 aromatic heterocycles. The van der Waals surface area contributed by atoms with Crippen molar-refractivity contribution in [1.29, 1.82) is 0 Å². The van der Waals surface area contributed by atoms with E-state index in [2.05, 4.69) is 18.2 Å². The number of esters is 1. The molecule has 0 saturated heterocycles. The monoisotopic (exact) mass is 302 g/mol. The molecular weight excluding hydrogens is 284 g/mol. The molecule has 0 radical (unpaired) electrons. The van der Waals surface area contributed by atoms with Crippen molar-refractivity contribution >= 4 is 5.97 Å². The topological polar surface area (TPSA) is 26.3 Å². The minimum atomic E-state index is -0.590. The van der Waals surface area contributed by atoms with Crippen LogP contribution in [0.2, 0.25) is 0 Å². The Labute approximate surface area is 136 Å². The third-order valence-electron chi connectivity index (χ3n) is 4.83. The van der Waals surface area contributed by atoms with Gasteiger partial charge in [0.05, 0.1) is 0 Å². The summed E-state index contributed by atoms with van der Waals surface area (Å²) in [6.45, 7) is 0.321. The second-order valence-electron chi connectivity index (χ2n) is 6.20. The summed E-state index contributed by atoms with van der Waals surface area (Å²) in [7, 11) is 0. The van der Waals surface area contributed by atoms with Crippen molar-refractivity contribution in [3.63, 3.8) is 0 Å². The van der Waals surface area contributed by atoms with Crippen molar-refractivity contribution < 1.29 is 9.53 Å². The molecule has 0 spiro atoms. The average molecular weight is 302 g/mol. The van der Waals surface area contributed by atoms with Crippen LogP contribution in [0.4, 0.5) is 0 Å².